The third kappa shape index (κ3) is 2.13. The SMILES string of the molecule is [C-]#[N+]c1ccc2c(cc(C3CC3)n2CC#N)c1C(F)(F)F. The van der Waals surface area contributed by atoms with Crippen molar-refractivity contribution in [2.45, 2.75) is 31.5 Å². The van der Waals surface area contributed by atoms with Gasteiger partial charge in [-0.15, -0.1) is 0 Å². The van der Waals surface area contributed by atoms with Crippen LogP contribution >= 0.6 is 0 Å². The number of halogens is 3. The van der Waals surface area contributed by atoms with Crippen LogP contribution < -0.4 is 0 Å². The Morgan fingerprint density at radius 1 is 1.38 bits per heavy atom. The fourth-order valence-corrected chi connectivity index (χ4v) is 2.70. The largest absolute Gasteiger partial charge is 0.408 e. The molecular formula is C15H10F3N3. The van der Waals surface area contributed by atoms with Gasteiger partial charge in [0.25, 0.3) is 0 Å². The van der Waals surface area contributed by atoms with Crippen LogP contribution in [0.15, 0.2) is 18.2 Å². The Balaban J connectivity index is 2.37. The number of nitrogens with zero attached hydrogens (tertiary/aromatic N) is 3. The fourth-order valence-electron chi connectivity index (χ4n) is 2.70. The molecule has 2 aromatic rings. The van der Waals surface area contributed by atoms with Gasteiger partial charge in [0.15, 0.2) is 5.69 Å². The van der Waals surface area contributed by atoms with E-state index in [1.807, 2.05) is 6.07 Å². The van der Waals surface area contributed by atoms with E-state index in [9.17, 15) is 13.2 Å². The summed E-state index contributed by atoms with van der Waals surface area (Å²) < 4.78 is 41.5. The van der Waals surface area contributed by atoms with E-state index in [0.29, 0.717) is 5.52 Å². The third-order valence-electron chi connectivity index (χ3n) is 3.72. The standard InChI is InChI=1S/C15H10F3N3/c1-20-11-4-5-12-10(14(11)15(16,17)18)8-13(9-2-3-9)21(12)7-6-19/h4-5,8-9H,2-3,7H2. The first-order chi connectivity index (χ1) is 9.97. The predicted molar refractivity (Wildman–Crippen MR) is 70.8 cm³/mol. The molecule has 0 N–H and O–H groups in total. The van der Waals surface area contributed by atoms with Gasteiger partial charge in [-0.05, 0) is 30.9 Å². The average molecular weight is 289 g/mol. The molecule has 0 saturated heterocycles. The minimum absolute atomic E-state index is 0.0179. The molecule has 0 radical (unpaired) electrons. The zero-order valence-corrected chi connectivity index (χ0v) is 10.9. The second-order valence-electron chi connectivity index (χ2n) is 5.09. The first-order valence-electron chi connectivity index (χ1n) is 6.45. The normalized spacial score (nSPS) is 14.9. The van der Waals surface area contributed by atoms with Crippen LogP contribution in [0.5, 0.6) is 0 Å². The Labute approximate surface area is 119 Å². The van der Waals surface area contributed by atoms with Gasteiger partial charge >= 0.3 is 6.18 Å². The molecule has 0 bridgehead atoms. The number of alkyl halides is 3. The summed E-state index contributed by atoms with van der Waals surface area (Å²) in [5, 5.41) is 8.93. The van der Waals surface area contributed by atoms with Crippen molar-refractivity contribution in [1.29, 1.82) is 5.26 Å². The molecule has 1 saturated carbocycles. The van der Waals surface area contributed by atoms with Crippen LogP contribution in [-0.2, 0) is 12.7 Å². The smallest absolute Gasteiger partial charge is 0.331 e. The Morgan fingerprint density at radius 3 is 2.62 bits per heavy atom. The van der Waals surface area contributed by atoms with Crippen molar-refractivity contribution in [3.8, 4) is 6.07 Å². The highest BCUT2D eigenvalue weighted by Gasteiger charge is 2.37. The third-order valence-corrected chi connectivity index (χ3v) is 3.72. The van der Waals surface area contributed by atoms with Gasteiger partial charge in [-0.25, -0.2) is 4.85 Å². The van der Waals surface area contributed by atoms with E-state index in [2.05, 4.69) is 4.85 Å². The summed E-state index contributed by atoms with van der Waals surface area (Å²) in [5.41, 5.74) is -0.155. The van der Waals surface area contributed by atoms with Crippen molar-refractivity contribution in [3.05, 3.63) is 40.9 Å². The van der Waals surface area contributed by atoms with E-state index in [0.717, 1.165) is 18.5 Å². The van der Waals surface area contributed by atoms with Gasteiger partial charge in [-0.2, -0.15) is 18.4 Å². The molecule has 1 aliphatic carbocycles. The first-order valence-corrected chi connectivity index (χ1v) is 6.45. The number of hydrogen-bond acceptors (Lipinski definition) is 1. The number of hydrogen-bond donors (Lipinski definition) is 0. The van der Waals surface area contributed by atoms with Gasteiger partial charge < -0.3 is 4.57 Å². The van der Waals surface area contributed by atoms with Crippen LogP contribution in [0.2, 0.25) is 0 Å². The van der Waals surface area contributed by atoms with Crippen LogP contribution in [0.25, 0.3) is 15.7 Å². The molecule has 6 heteroatoms. The zero-order chi connectivity index (χ0) is 15.2. The number of nitriles is 1. The molecule has 1 fully saturated rings. The van der Waals surface area contributed by atoms with Crippen LogP contribution in [-0.4, -0.2) is 4.57 Å². The van der Waals surface area contributed by atoms with E-state index in [1.54, 1.807) is 4.57 Å². The highest BCUT2D eigenvalue weighted by molar-refractivity contribution is 5.90. The second-order valence-corrected chi connectivity index (χ2v) is 5.09. The number of fused-ring (bicyclic) bond motifs is 1. The number of benzene rings is 1. The molecule has 1 aromatic heterocycles. The maximum Gasteiger partial charge on any atom is 0.408 e. The summed E-state index contributed by atoms with van der Waals surface area (Å²) in [4.78, 5) is 2.99. The molecular weight excluding hydrogens is 279 g/mol. The van der Waals surface area contributed by atoms with Gasteiger partial charge in [0.2, 0.25) is 0 Å². The summed E-state index contributed by atoms with van der Waals surface area (Å²) in [6.07, 6.45) is -2.73. The molecule has 3 nitrogen and oxygen atoms in total. The number of rotatable bonds is 2. The van der Waals surface area contributed by atoms with Crippen LogP contribution in [0.1, 0.15) is 30.0 Å². The summed E-state index contributed by atoms with van der Waals surface area (Å²) in [5.74, 6) is 0.225. The average Bonchev–Trinajstić information content (AvgIpc) is 3.20. The van der Waals surface area contributed by atoms with Crippen LogP contribution in [0.4, 0.5) is 18.9 Å². The molecule has 0 unspecified atom stereocenters. The fraction of sp³-hybridized carbons (Fsp3) is 0.333. The molecule has 1 heterocycles. The Hall–Kier alpha value is -2.47. The van der Waals surface area contributed by atoms with E-state index in [4.69, 9.17) is 11.8 Å². The van der Waals surface area contributed by atoms with Crippen LogP contribution in [0, 0.1) is 17.9 Å². The monoisotopic (exact) mass is 289 g/mol. The maximum absolute atomic E-state index is 13.3. The van der Waals surface area contributed by atoms with Gasteiger partial charge in [0, 0.05) is 16.6 Å². The van der Waals surface area contributed by atoms with Crippen molar-refractivity contribution in [1.82, 2.24) is 4.57 Å². The molecule has 1 aliphatic rings. The van der Waals surface area contributed by atoms with Gasteiger partial charge in [0.05, 0.1) is 18.2 Å². The van der Waals surface area contributed by atoms with Crippen molar-refractivity contribution in [3.63, 3.8) is 0 Å². The van der Waals surface area contributed by atoms with E-state index >= 15 is 0 Å². The summed E-state index contributed by atoms with van der Waals surface area (Å²) in [6.45, 7) is 6.96. The summed E-state index contributed by atoms with van der Waals surface area (Å²) in [6, 6.07) is 6.18. The van der Waals surface area contributed by atoms with E-state index in [-0.39, 0.29) is 17.8 Å². The molecule has 21 heavy (non-hydrogen) atoms. The molecule has 0 aliphatic heterocycles. The molecule has 0 atom stereocenters. The lowest BCUT2D eigenvalue weighted by Crippen LogP contribution is -2.06. The van der Waals surface area contributed by atoms with E-state index in [1.165, 1.54) is 18.2 Å². The van der Waals surface area contributed by atoms with Gasteiger partial charge in [0.1, 0.15) is 6.54 Å². The lowest BCUT2D eigenvalue weighted by molar-refractivity contribution is -0.135. The molecule has 1 aromatic carbocycles. The Bertz CT molecular complexity index is 799. The Morgan fingerprint density at radius 2 is 2.10 bits per heavy atom. The first kappa shape index (κ1) is 13.5. The minimum Gasteiger partial charge on any atom is -0.331 e. The quantitative estimate of drug-likeness (QED) is 0.743. The highest BCUT2D eigenvalue weighted by Crippen LogP contribution is 2.46. The van der Waals surface area contributed by atoms with Crippen molar-refractivity contribution in [2.24, 2.45) is 0 Å². The van der Waals surface area contributed by atoms with Gasteiger partial charge in [-0.3, -0.25) is 0 Å². The summed E-state index contributed by atoms with van der Waals surface area (Å²) >= 11 is 0. The Kier molecular flexibility index (Phi) is 2.91. The summed E-state index contributed by atoms with van der Waals surface area (Å²) in [7, 11) is 0. The predicted octanol–water partition coefficient (Wildman–Crippen LogP) is 4.61. The molecule has 106 valence electrons. The van der Waals surface area contributed by atoms with Crippen LogP contribution in [0.3, 0.4) is 0 Å². The zero-order valence-electron chi connectivity index (χ0n) is 10.9. The maximum atomic E-state index is 13.3. The van der Waals surface area contributed by atoms with Gasteiger partial charge in [-0.1, -0.05) is 6.07 Å². The van der Waals surface area contributed by atoms with Crippen molar-refractivity contribution in [2.75, 3.05) is 0 Å². The highest BCUT2D eigenvalue weighted by atomic mass is 19.4. The molecule has 3 rings (SSSR count). The lowest BCUT2D eigenvalue weighted by Gasteiger charge is -2.11. The number of aromatic nitrogens is 1. The second kappa shape index (κ2) is 4.53. The molecule has 0 spiro atoms. The minimum atomic E-state index is -4.58. The van der Waals surface area contributed by atoms with Crippen molar-refractivity contribution < 1.29 is 13.2 Å². The lowest BCUT2D eigenvalue weighted by atomic mass is 10.1. The topological polar surface area (TPSA) is 33.1 Å². The van der Waals surface area contributed by atoms with E-state index < -0.39 is 17.4 Å². The molecule has 0 amide bonds. The van der Waals surface area contributed by atoms with Crippen molar-refractivity contribution >= 4 is 16.6 Å².